The van der Waals surface area contributed by atoms with E-state index in [-0.39, 0.29) is 0 Å². The quantitative estimate of drug-likeness (QED) is 0.257. The van der Waals surface area contributed by atoms with E-state index in [0.29, 0.717) is 17.6 Å². The number of hydrogen-bond acceptors (Lipinski definition) is 9. The first-order chi connectivity index (χ1) is 18.3. The minimum absolute atomic E-state index is 0.480. The molecule has 0 bridgehead atoms. The highest BCUT2D eigenvalue weighted by Crippen LogP contribution is 2.35. The molecule has 1 aromatic carbocycles. The molecule has 6 rings (SSSR count). The maximum absolute atomic E-state index is 6.14. The van der Waals surface area contributed by atoms with Crippen molar-refractivity contribution in [2.45, 2.75) is 25.7 Å². The van der Waals surface area contributed by atoms with E-state index in [2.05, 4.69) is 52.6 Å². The van der Waals surface area contributed by atoms with Crippen LogP contribution in [0, 0.1) is 0 Å². The van der Waals surface area contributed by atoms with Gasteiger partial charge in [-0.2, -0.15) is 11.3 Å². The van der Waals surface area contributed by atoms with Crippen LogP contribution < -0.4 is 15.4 Å². The molecular formula is C28H25N7OS. The van der Waals surface area contributed by atoms with Crippen molar-refractivity contribution in [3.05, 3.63) is 82.8 Å². The third kappa shape index (κ3) is 4.85. The summed E-state index contributed by atoms with van der Waals surface area (Å²) >= 11 is 1.69. The number of ether oxygens (including phenoxy) is 1. The number of fused-ring (bicyclic) bond motifs is 1. The van der Waals surface area contributed by atoms with E-state index >= 15 is 0 Å². The number of anilines is 3. The Labute approximate surface area is 218 Å². The zero-order valence-electron chi connectivity index (χ0n) is 20.3. The van der Waals surface area contributed by atoms with Gasteiger partial charge < -0.3 is 15.4 Å². The molecular weight excluding hydrogens is 482 g/mol. The number of hydrogen-bond donors (Lipinski definition) is 2. The summed E-state index contributed by atoms with van der Waals surface area (Å²) < 4.78 is 6.14. The Morgan fingerprint density at radius 2 is 1.76 bits per heavy atom. The van der Waals surface area contributed by atoms with Crippen LogP contribution in [-0.2, 0) is 12.8 Å². The molecule has 1 aliphatic rings. The maximum Gasteiger partial charge on any atom is 0.228 e. The summed E-state index contributed by atoms with van der Waals surface area (Å²) in [5.41, 5.74) is 7.20. The Morgan fingerprint density at radius 3 is 2.57 bits per heavy atom. The van der Waals surface area contributed by atoms with Crippen LogP contribution in [0.5, 0.6) is 11.6 Å². The molecule has 0 amide bonds. The van der Waals surface area contributed by atoms with Gasteiger partial charge in [0.1, 0.15) is 5.75 Å². The first-order valence-corrected chi connectivity index (χ1v) is 13.1. The molecule has 0 saturated heterocycles. The topological polar surface area (TPSA) is 97.7 Å². The van der Waals surface area contributed by atoms with E-state index in [9.17, 15) is 0 Å². The lowest BCUT2D eigenvalue weighted by Gasteiger charge is -2.21. The van der Waals surface area contributed by atoms with Crippen LogP contribution in [-0.4, -0.2) is 32.2 Å². The number of aromatic nitrogens is 5. The number of thiophene rings is 1. The SMILES string of the molecule is CNc1nccc(-c2cccnc2Oc2ccc(Nc3nnc(-c4ccsc4)c4c3CCCC4)cc2)n1. The Morgan fingerprint density at radius 1 is 0.892 bits per heavy atom. The predicted octanol–water partition coefficient (Wildman–Crippen LogP) is 6.51. The van der Waals surface area contributed by atoms with Crippen LogP contribution >= 0.6 is 11.3 Å². The zero-order valence-corrected chi connectivity index (χ0v) is 21.1. The van der Waals surface area contributed by atoms with Crippen molar-refractivity contribution in [3.8, 4) is 34.1 Å². The van der Waals surface area contributed by atoms with Crippen LogP contribution in [0.4, 0.5) is 17.5 Å². The number of benzene rings is 1. The Bertz CT molecular complexity index is 1520. The summed E-state index contributed by atoms with van der Waals surface area (Å²) in [7, 11) is 1.79. The molecule has 37 heavy (non-hydrogen) atoms. The Kier molecular flexibility index (Phi) is 6.43. The standard InChI is InChI=1S/C28H25N7OS/c1-29-28-31-15-12-24(33-28)23-7-4-14-30-27(23)36-20-10-8-19(9-11-20)32-26-22-6-3-2-5-21(22)25(34-35-26)18-13-16-37-17-18/h4,7-17H,2-3,5-6H2,1H3,(H,32,35)(H,29,31,33). The average molecular weight is 508 g/mol. The van der Waals surface area contributed by atoms with Gasteiger partial charge in [-0.25, -0.2) is 15.0 Å². The smallest absolute Gasteiger partial charge is 0.228 e. The fourth-order valence-electron chi connectivity index (χ4n) is 4.53. The largest absolute Gasteiger partial charge is 0.438 e. The Balaban J connectivity index is 1.23. The average Bonchev–Trinajstić information content (AvgIpc) is 3.49. The second-order valence-electron chi connectivity index (χ2n) is 8.70. The van der Waals surface area contributed by atoms with Crippen molar-refractivity contribution in [1.82, 2.24) is 25.1 Å². The molecule has 2 N–H and O–H groups in total. The summed E-state index contributed by atoms with van der Waals surface area (Å²) in [6.07, 6.45) is 7.80. The molecule has 1 aliphatic carbocycles. The van der Waals surface area contributed by atoms with Crippen molar-refractivity contribution in [1.29, 1.82) is 0 Å². The van der Waals surface area contributed by atoms with Gasteiger partial charge in [0, 0.05) is 41.6 Å². The lowest BCUT2D eigenvalue weighted by Crippen LogP contribution is -2.11. The van der Waals surface area contributed by atoms with Crippen molar-refractivity contribution >= 4 is 28.8 Å². The summed E-state index contributed by atoms with van der Waals surface area (Å²) in [5, 5.41) is 19.8. The van der Waals surface area contributed by atoms with Gasteiger partial charge in [-0.3, -0.25) is 0 Å². The van der Waals surface area contributed by atoms with E-state index < -0.39 is 0 Å². The predicted molar refractivity (Wildman–Crippen MR) is 147 cm³/mol. The molecule has 0 radical (unpaired) electrons. The minimum Gasteiger partial charge on any atom is -0.438 e. The van der Waals surface area contributed by atoms with Gasteiger partial charge in [0.2, 0.25) is 11.8 Å². The van der Waals surface area contributed by atoms with Gasteiger partial charge >= 0.3 is 0 Å². The molecule has 9 heteroatoms. The van der Waals surface area contributed by atoms with Crippen molar-refractivity contribution in [3.63, 3.8) is 0 Å². The first-order valence-electron chi connectivity index (χ1n) is 12.2. The molecule has 0 unspecified atom stereocenters. The van der Waals surface area contributed by atoms with E-state index in [4.69, 9.17) is 4.74 Å². The number of nitrogens with one attached hydrogen (secondary N) is 2. The van der Waals surface area contributed by atoms with Crippen molar-refractivity contribution in [2.75, 3.05) is 17.7 Å². The van der Waals surface area contributed by atoms with Crippen LogP contribution in [0.15, 0.2) is 71.7 Å². The van der Waals surface area contributed by atoms with E-state index in [1.165, 1.54) is 17.5 Å². The lowest BCUT2D eigenvalue weighted by molar-refractivity contribution is 0.465. The summed E-state index contributed by atoms with van der Waals surface area (Å²) in [6.45, 7) is 0. The molecule has 0 spiro atoms. The third-order valence-electron chi connectivity index (χ3n) is 6.34. The lowest BCUT2D eigenvalue weighted by atomic mass is 9.90. The number of pyridine rings is 1. The van der Waals surface area contributed by atoms with Gasteiger partial charge in [0.15, 0.2) is 5.82 Å². The Hall–Kier alpha value is -4.37. The highest BCUT2D eigenvalue weighted by atomic mass is 32.1. The molecule has 0 aliphatic heterocycles. The van der Waals surface area contributed by atoms with Crippen molar-refractivity contribution in [2.24, 2.45) is 0 Å². The van der Waals surface area contributed by atoms with Crippen LogP contribution in [0.3, 0.4) is 0 Å². The molecule has 0 atom stereocenters. The molecule has 8 nitrogen and oxygen atoms in total. The normalized spacial score (nSPS) is 12.6. The molecule has 184 valence electrons. The van der Waals surface area contributed by atoms with Crippen LogP contribution in [0.25, 0.3) is 22.5 Å². The summed E-state index contributed by atoms with van der Waals surface area (Å²) in [5.74, 6) is 2.53. The number of rotatable bonds is 7. The molecule has 0 saturated carbocycles. The zero-order chi connectivity index (χ0) is 25.0. The van der Waals surface area contributed by atoms with Gasteiger partial charge in [0.25, 0.3) is 0 Å². The maximum atomic E-state index is 6.14. The van der Waals surface area contributed by atoms with E-state index in [1.807, 2.05) is 42.5 Å². The monoisotopic (exact) mass is 507 g/mol. The molecule has 4 heterocycles. The third-order valence-corrected chi connectivity index (χ3v) is 7.03. The molecule has 0 fully saturated rings. The summed E-state index contributed by atoms with van der Waals surface area (Å²) in [6, 6.07) is 15.5. The fraction of sp³-hybridized carbons (Fsp3) is 0.179. The fourth-order valence-corrected chi connectivity index (χ4v) is 5.17. The van der Waals surface area contributed by atoms with Crippen molar-refractivity contribution < 1.29 is 4.74 Å². The summed E-state index contributed by atoms with van der Waals surface area (Å²) in [4.78, 5) is 13.1. The van der Waals surface area contributed by atoms with E-state index in [0.717, 1.165) is 53.3 Å². The minimum atomic E-state index is 0.480. The molecule has 5 aromatic rings. The van der Waals surface area contributed by atoms with Crippen LogP contribution in [0.2, 0.25) is 0 Å². The highest BCUT2D eigenvalue weighted by Gasteiger charge is 2.21. The highest BCUT2D eigenvalue weighted by molar-refractivity contribution is 7.08. The second-order valence-corrected chi connectivity index (χ2v) is 9.48. The number of nitrogens with zero attached hydrogens (tertiary/aromatic N) is 5. The van der Waals surface area contributed by atoms with E-state index in [1.54, 1.807) is 30.8 Å². The van der Waals surface area contributed by atoms with Gasteiger partial charge in [-0.1, -0.05) is 0 Å². The van der Waals surface area contributed by atoms with Gasteiger partial charge in [0.05, 0.1) is 17.0 Å². The van der Waals surface area contributed by atoms with Gasteiger partial charge in [-0.05, 0) is 85.2 Å². The first kappa shape index (κ1) is 23.1. The van der Waals surface area contributed by atoms with Crippen LogP contribution in [0.1, 0.15) is 24.0 Å². The second kappa shape index (κ2) is 10.3. The van der Waals surface area contributed by atoms with Gasteiger partial charge in [-0.15, -0.1) is 10.2 Å². The molecule has 4 aromatic heterocycles.